The molecule has 0 saturated heterocycles. The summed E-state index contributed by atoms with van der Waals surface area (Å²) in [6, 6.07) is 15.2. The van der Waals surface area contributed by atoms with Crippen LogP contribution in [0.15, 0.2) is 48.5 Å². The minimum absolute atomic E-state index is 0.103. The van der Waals surface area contributed by atoms with Crippen molar-refractivity contribution in [2.45, 2.75) is 27.3 Å². The van der Waals surface area contributed by atoms with Crippen LogP contribution in [0.4, 0.5) is 5.69 Å². The van der Waals surface area contributed by atoms with Crippen LogP contribution in [0, 0.1) is 0 Å². The van der Waals surface area contributed by atoms with E-state index >= 15 is 0 Å². The SMILES string of the molecule is CCOc1ccc(NC(=O)c2ccc(CN(CC)CC)cc2)cc1. The minimum atomic E-state index is -0.103. The second kappa shape index (κ2) is 9.08. The molecule has 2 rings (SSSR count). The summed E-state index contributed by atoms with van der Waals surface area (Å²) in [5, 5.41) is 2.91. The Kier molecular flexibility index (Phi) is 6.82. The summed E-state index contributed by atoms with van der Waals surface area (Å²) >= 11 is 0. The lowest BCUT2D eigenvalue weighted by Gasteiger charge is -2.18. The zero-order valence-electron chi connectivity index (χ0n) is 14.7. The number of rotatable bonds is 8. The maximum absolute atomic E-state index is 12.3. The third-order valence-corrected chi connectivity index (χ3v) is 3.94. The zero-order chi connectivity index (χ0) is 17.4. The van der Waals surface area contributed by atoms with Crippen molar-refractivity contribution in [2.24, 2.45) is 0 Å². The Balaban J connectivity index is 1.96. The van der Waals surface area contributed by atoms with Crippen LogP contribution in [0.3, 0.4) is 0 Å². The summed E-state index contributed by atoms with van der Waals surface area (Å²) in [5.41, 5.74) is 2.64. The fourth-order valence-corrected chi connectivity index (χ4v) is 2.47. The Morgan fingerprint density at radius 3 is 2.12 bits per heavy atom. The van der Waals surface area contributed by atoms with E-state index in [-0.39, 0.29) is 5.91 Å². The summed E-state index contributed by atoms with van der Waals surface area (Å²) in [7, 11) is 0. The van der Waals surface area contributed by atoms with E-state index in [1.54, 1.807) is 0 Å². The lowest BCUT2D eigenvalue weighted by Crippen LogP contribution is -2.22. The highest BCUT2D eigenvalue weighted by molar-refractivity contribution is 6.04. The Morgan fingerprint density at radius 1 is 0.958 bits per heavy atom. The quantitative estimate of drug-likeness (QED) is 0.791. The van der Waals surface area contributed by atoms with Crippen LogP contribution in [0.5, 0.6) is 5.75 Å². The lowest BCUT2D eigenvalue weighted by molar-refractivity contribution is 0.102. The molecule has 128 valence electrons. The van der Waals surface area contributed by atoms with Crippen LogP contribution in [0.2, 0.25) is 0 Å². The molecule has 4 heteroatoms. The van der Waals surface area contributed by atoms with Crippen LogP contribution < -0.4 is 10.1 Å². The van der Waals surface area contributed by atoms with E-state index in [1.165, 1.54) is 5.56 Å². The Labute approximate surface area is 144 Å². The average molecular weight is 326 g/mol. The van der Waals surface area contributed by atoms with Gasteiger partial charge in [0.05, 0.1) is 6.61 Å². The second-order valence-corrected chi connectivity index (χ2v) is 5.57. The molecule has 2 aromatic rings. The maximum atomic E-state index is 12.3. The van der Waals surface area contributed by atoms with Crippen molar-refractivity contribution < 1.29 is 9.53 Å². The second-order valence-electron chi connectivity index (χ2n) is 5.57. The molecular formula is C20H26N2O2. The molecule has 2 aromatic carbocycles. The minimum Gasteiger partial charge on any atom is -0.494 e. The Bertz CT molecular complexity index is 632. The van der Waals surface area contributed by atoms with E-state index in [4.69, 9.17) is 4.74 Å². The molecule has 0 heterocycles. The van der Waals surface area contributed by atoms with E-state index < -0.39 is 0 Å². The van der Waals surface area contributed by atoms with Gasteiger partial charge in [-0.3, -0.25) is 9.69 Å². The van der Waals surface area contributed by atoms with Gasteiger partial charge >= 0.3 is 0 Å². The standard InChI is InChI=1S/C20H26N2O2/c1-4-22(5-2)15-16-7-9-17(10-8-16)20(23)21-18-11-13-19(14-12-18)24-6-3/h7-14H,4-6,15H2,1-3H3,(H,21,23). The summed E-state index contributed by atoms with van der Waals surface area (Å²) in [4.78, 5) is 14.7. The Morgan fingerprint density at radius 2 is 1.58 bits per heavy atom. The molecule has 1 amide bonds. The monoisotopic (exact) mass is 326 g/mol. The molecule has 24 heavy (non-hydrogen) atoms. The molecule has 0 spiro atoms. The van der Waals surface area contributed by atoms with Crippen LogP contribution in [-0.4, -0.2) is 30.5 Å². The molecule has 4 nitrogen and oxygen atoms in total. The fourth-order valence-electron chi connectivity index (χ4n) is 2.47. The molecule has 0 unspecified atom stereocenters. The van der Waals surface area contributed by atoms with E-state index in [0.29, 0.717) is 12.2 Å². The molecule has 0 fully saturated rings. The van der Waals surface area contributed by atoms with Gasteiger partial charge in [-0.05, 0) is 62.0 Å². The van der Waals surface area contributed by atoms with E-state index in [0.717, 1.165) is 31.1 Å². The topological polar surface area (TPSA) is 41.6 Å². The first kappa shape index (κ1) is 18.0. The molecule has 0 saturated carbocycles. The van der Waals surface area contributed by atoms with E-state index in [2.05, 4.69) is 24.1 Å². The number of amides is 1. The number of benzene rings is 2. The van der Waals surface area contributed by atoms with Crippen molar-refractivity contribution >= 4 is 11.6 Å². The number of anilines is 1. The Hall–Kier alpha value is -2.33. The van der Waals surface area contributed by atoms with Crippen LogP contribution >= 0.6 is 0 Å². The molecule has 0 atom stereocenters. The van der Waals surface area contributed by atoms with Gasteiger partial charge in [-0.2, -0.15) is 0 Å². The fraction of sp³-hybridized carbons (Fsp3) is 0.350. The third kappa shape index (κ3) is 5.10. The van der Waals surface area contributed by atoms with Gasteiger partial charge in [0.2, 0.25) is 0 Å². The first-order valence-corrected chi connectivity index (χ1v) is 8.51. The third-order valence-electron chi connectivity index (χ3n) is 3.94. The van der Waals surface area contributed by atoms with Crippen LogP contribution in [-0.2, 0) is 6.54 Å². The molecule has 0 aliphatic carbocycles. The van der Waals surface area contributed by atoms with Crippen molar-refractivity contribution in [1.82, 2.24) is 4.90 Å². The summed E-state index contributed by atoms with van der Waals surface area (Å²) < 4.78 is 5.40. The summed E-state index contributed by atoms with van der Waals surface area (Å²) in [5.74, 6) is 0.699. The van der Waals surface area contributed by atoms with Gasteiger partial charge in [-0.25, -0.2) is 0 Å². The predicted octanol–water partition coefficient (Wildman–Crippen LogP) is 4.18. The van der Waals surface area contributed by atoms with Crippen molar-refractivity contribution in [3.63, 3.8) is 0 Å². The number of nitrogens with one attached hydrogen (secondary N) is 1. The van der Waals surface area contributed by atoms with Crippen molar-refractivity contribution in [3.8, 4) is 5.75 Å². The van der Waals surface area contributed by atoms with Crippen LogP contribution in [0.25, 0.3) is 0 Å². The average Bonchev–Trinajstić information content (AvgIpc) is 2.62. The molecule has 1 N–H and O–H groups in total. The maximum Gasteiger partial charge on any atom is 0.255 e. The first-order valence-electron chi connectivity index (χ1n) is 8.51. The van der Waals surface area contributed by atoms with Crippen LogP contribution in [0.1, 0.15) is 36.7 Å². The van der Waals surface area contributed by atoms with Gasteiger partial charge in [-0.15, -0.1) is 0 Å². The van der Waals surface area contributed by atoms with E-state index in [9.17, 15) is 4.79 Å². The van der Waals surface area contributed by atoms with Crippen molar-refractivity contribution in [3.05, 3.63) is 59.7 Å². The van der Waals surface area contributed by atoms with Crippen molar-refractivity contribution in [1.29, 1.82) is 0 Å². The van der Waals surface area contributed by atoms with Crippen molar-refractivity contribution in [2.75, 3.05) is 25.0 Å². The first-order chi connectivity index (χ1) is 11.7. The molecule has 0 aromatic heterocycles. The highest BCUT2D eigenvalue weighted by atomic mass is 16.5. The number of carbonyl (C=O) groups is 1. The molecule has 0 radical (unpaired) electrons. The summed E-state index contributed by atoms with van der Waals surface area (Å²) in [6.07, 6.45) is 0. The molecule has 0 aliphatic rings. The smallest absolute Gasteiger partial charge is 0.255 e. The highest BCUT2D eigenvalue weighted by Gasteiger charge is 2.07. The zero-order valence-corrected chi connectivity index (χ0v) is 14.7. The normalized spacial score (nSPS) is 10.7. The molecule has 0 aliphatic heterocycles. The predicted molar refractivity (Wildman–Crippen MR) is 98.6 cm³/mol. The van der Waals surface area contributed by atoms with Gasteiger partial charge < -0.3 is 10.1 Å². The van der Waals surface area contributed by atoms with Gasteiger partial charge in [0.15, 0.2) is 0 Å². The van der Waals surface area contributed by atoms with Gasteiger partial charge in [0.25, 0.3) is 5.91 Å². The largest absolute Gasteiger partial charge is 0.494 e. The lowest BCUT2D eigenvalue weighted by atomic mass is 10.1. The van der Waals surface area contributed by atoms with Gasteiger partial charge in [0, 0.05) is 17.8 Å². The number of ether oxygens (including phenoxy) is 1. The van der Waals surface area contributed by atoms with Gasteiger partial charge in [0.1, 0.15) is 5.75 Å². The molecule has 0 bridgehead atoms. The number of hydrogen-bond acceptors (Lipinski definition) is 3. The van der Waals surface area contributed by atoms with Gasteiger partial charge in [-0.1, -0.05) is 26.0 Å². The number of hydrogen-bond donors (Lipinski definition) is 1. The number of carbonyl (C=O) groups excluding carboxylic acids is 1. The number of nitrogens with zero attached hydrogens (tertiary/aromatic N) is 1. The van der Waals surface area contributed by atoms with E-state index in [1.807, 2.05) is 55.5 Å². The molecular weight excluding hydrogens is 300 g/mol. The highest BCUT2D eigenvalue weighted by Crippen LogP contribution is 2.17. The summed E-state index contributed by atoms with van der Waals surface area (Å²) in [6.45, 7) is 9.84.